The number of alkyl halides is 3. The van der Waals surface area contributed by atoms with Crippen molar-refractivity contribution in [1.29, 1.82) is 0 Å². The maximum Gasteiger partial charge on any atom is 0.421 e. The van der Waals surface area contributed by atoms with E-state index in [1.54, 1.807) is 22.8 Å². The summed E-state index contributed by atoms with van der Waals surface area (Å²) in [7, 11) is 1.44. The second-order valence-corrected chi connectivity index (χ2v) is 7.00. The lowest BCUT2D eigenvalue weighted by molar-refractivity contribution is -0.258. The number of aromatic nitrogens is 1. The SMILES string of the molecule is CCCCn1c(=O)c2cccc(OC)c2c2cc(C(C)(O)C(F)(F)F)ccc21. The fourth-order valence-electron chi connectivity index (χ4n) is 3.39. The van der Waals surface area contributed by atoms with Crippen LogP contribution < -0.4 is 10.3 Å². The lowest BCUT2D eigenvalue weighted by Crippen LogP contribution is -2.39. The van der Waals surface area contributed by atoms with E-state index in [1.165, 1.54) is 25.3 Å². The zero-order chi connectivity index (χ0) is 20.7. The number of methoxy groups -OCH3 is 1. The summed E-state index contributed by atoms with van der Waals surface area (Å²) in [4.78, 5) is 13.0. The largest absolute Gasteiger partial charge is 0.496 e. The van der Waals surface area contributed by atoms with E-state index in [-0.39, 0.29) is 11.1 Å². The van der Waals surface area contributed by atoms with Crippen LogP contribution >= 0.6 is 0 Å². The second-order valence-electron chi connectivity index (χ2n) is 7.00. The molecule has 2 aromatic carbocycles. The number of hydrogen-bond acceptors (Lipinski definition) is 3. The molecule has 0 saturated carbocycles. The predicted molar refractivity (Wildman–Crippen MR) is 103 cm³/mol. The van der Waals surface area contributed by atoms with Gasteiger partial charge in [-0.15, -0.1) is 0 Å². The number of benzene rings is 2. The normalized spacial score (nSPS) is 14.4. The zero-order valence-electron chi connectivity index (χ0n) is 15.9. The molecule has 3 aromatic rings. The van der Waals surface area contributed by atoms with Crippen molar-refractivity contribution in [2.24, 2.45) is 0 Å². The Morgan fingerprint density at radius 1 is 1.14 bits per heavy atom. The van der Waals surface area contributed by atoms with Crippen LogP contribution in [0.3, 0.4) is 0 Å². The highest BCUT2D eigenvalue weighted by Gasteiger charge is 2.51. The van der Waals surface area contributed by atoms with E-state index in [4.69, 9.17) is 4.74 Å². The van der Waals surface area contributed by atoms with Crippen molar-refractivity contribution >= 4 is 21.7 Å². The summed E-state index contributed by atoms with van der Waals surface area (Å²) in [5.74, 6) is 0.394. The summed E-state index contributed by atoms with van der Waals surface area (Å²) in [6.45, 7) is 3.17. The van der Waals surface area contributed by atoms with Gasteiger partial charge in [0.1, 0.15) is 5.75 Å². The van der Waals surface area contributed by atoms with Gasteiger partial charge in [-0.1, -0.05) is 25.5 Å². The van der Waals surface area contributed by atoms with Gasteiger partial charge in [0.2, 0.25) is 0 Å². The number of aryl methyl sites for hydroxylation is 1. The van der Waals surface area contributed by atoms with Gasteiger partial charge < -0.3 is 14.4 Å². The van der Waals surface area contributed by atoms with Crippen molar-refractivity contribution in [2.45, 2.75) is 45.0 Å². The third kappa shape index (κ3) is 3.13. The van der Waals surface area contributed by atoms with Gasteiger partial charge in [-0.3, -0.25) is 4.79 Å². The van der Waals surface area contributed by atoms with Crippen LogP contribution in [0.5, 0.6) is 5.75 Å². The van der Waals surface area contributed by atoms with E-state index >= 15 is 0 Å². The number of ether oxygens (including phenoxy) is 1. The predicted octanol–water partition coefficient (Wildman–Crippen LogP) is 4.73. The van der Waals surface area contributed by atoms with Gasteiger partial charge in [-0.25, -0.2) is 0 Å². The summed E-state index contributed by atoms with van der Waals surface area (Å²) < 4.78 is 47.0. The summed E-state index contributed by atoms with van der Waals surface area (Å²) in [6.07, 6.45) is -3.21. The van der Waals surface area contributed by atoms with Crippen LogP contribution in [0.1, 0.15) is 32.3 Å². The van der Waals surface area contributed by atoms with Crippen LogP contribution in [0.15, 0.2) is 41.2 Å². The van der Waals surface area contributed by atoms with Crippen LogP contribution in [-0.2, 0) is 12.1 Å². The number of pyridine rings is 1. The minimum Gasteiger partial charge on any atom is -0.496 e. The molecule has 4 nitrogen and oxygen atoms in total. The van der Waals surface area contributed by atoms with Gasteiger partial charge in [0, 0.05) is 17.3 Å². The molecule has 0 saturated heterocycles. The molecule has 3 rings (SSSR count). The molecule has 7 heteroatoms. The van der Waals surface area contributed by atoms with Crippen LogP contribution in [-0.4, -0.2) is 23.0 Å². The number of nitrogens with zero attached hydrogens (tertiary/aromatic N) is 1. The third-order valence-corrected chi connectivity index (χ3v) is 5.13. The molecule has 1 heterocycles. The fraction of sp³-hybridized carbons (Fsp3) is 0.381. The first kappa shape index (κ1) is 20.2. The number of rotatable bonds is 5. The van der Waals surface area contributed by atoms with Crippen molar-refractivity contribution < 1.29 is 23.0 Å². The molecule has 1 aromatic heterocycles. The molecule has 0 aliphatic heterocycles. The standard InChI is InChI=1S/C21H22F3NO3/c1-4-5-11-25-16-10-9-13(20(2,27)21(22,23)24)12-15(16)18-14(19(25)26)7-6-8-17(18)28-3/h6-10,12,27H,4-5,11H2,1-3H3. The first-order valence-electron chi connectivity index (χ1n) is 9.06. The van der Waals surface area contributed by atoms with E-state index in [0.29, 0.717) is 34.0 Å². The summed E-state index contributed by atoms with van der Waals surface area (Å²) in [5, 5.41) is 11.4. The molecular formula is C21H22F3NO3. The summed E-state index contributed by atoms with van der Waals surface area (Å²) in [6, 6.07) is 8.96. The van der Waals surface area contributed by atoms with E-state index in [1.807, 2.05) is 6.92 Å². The van der Waals surface area contributed by atoms with E-state index < -0.39 is 11.8 Å². The Balaban J connectivity index is 2.46. The zero-order valence-corrected chi connectivity index (χ0v) is 15.9. The van der Waals surface area contributed by atoms with Gasteiger partial charge in [0.25, 0.3) is 5.56 Å². The number of unbranched alkanes of at least 4 members (excludes halogenated alkanes) is 1. The average Bonchev–Trinajstić information content (AvgIpc) is 2.66. The molecule has 0 radical (unpaired) electrons. The van der Waals surface area contributed by atoms with E-state index in [0.717, 1.165) is 19.8 Å². The lowest BCUT2D eigenvalue weighted by atomic mass is 9.92. The minimum absolute atomic E-state index is 0.217. The Morgan fingerprint density at radius 2 is 1.86 bits per heavy atom. The highest BCUT2D eigenvalue weighted by atomic mass is 19.4. The van der Waals surface area contributed by atoms with Crippen LogP contribution in [0.4, 0.5) is 13.2 Å². The topological polar surface area (TPSA) is 51.5 Å². The van der Waals surface area contributed by atoms with Crippen LogP contribution in [0, 0.1) is 0 Å². The smallest absolute Gasteiger partial charge is 0.421 e. The van der Waals surface area contributed by atoms with Crippen molar-refractivity contribution in [3.05, 3.63) is 52.3 Å². The maximum atomic E-state index is 13.4. The van der Waals surface area contributed by atoms with Gasteiger partial charge in [-0.2, -0.15) is 13.2 Å². The van der Waals surface area contributed by atoms with Crippen LogP contribution in [0.2, 0.25) is 0 Å². The third-order valence-electron chi connectivity index (χ3n) is 5.13. The average molecular weight is 393 g/mol. The number of aliphatic hydroxyl groups is 1. The Kier molecular flexibility index (Phi) is 5.14. The summed E-state index contributed by atoms with van der Waals surface area (Å²) in [5.41, 5.74) is -3.01. The van der Waals surface area contributed by atoms with Gasteiger partial charge in [0.15, 0.2) is 5.60 Å². The first-order chi connectivity index (χ1) is 13.1. The molecule has 0 aliphatic rings. The monoisotopic (exact) mass is 393 g/mol. The first-order valence-corrected chi connectivity index (χ1v) is 9.06. The molecule has 150 valence electrons. The molecular weight excluding hydrogens is 371 g/mol. The molecule has 0 aliphatic carbocycles. The number of halogens is 3. The minimum atomic E-state index is -4.84. The highest BCUT2D eigenvalue weighted by Crippen LogP contribution is 2.40. The van der Waals surface area contributed by atoms with E-state index in [9.17, 15) is 23.1 Å². The van der Waals surface area contributed by atoms with Gasteiger partial charge in [-0.05, 0) is 43.2 Å². The van der Waals surface area contributed by atoms with E-state index in [2.05, 4.69) is 0 Å². The highest BCUT2D eigenvalue weighted by molar-refractivity contribution is 6.09. The maximum absolute atomic E-state index is 13.4. The fourth-order valence-corrected chi connectivity index (χ4v) is 3.39. The second kappa shape index (κ2) is 7.13. The van der Waals surface area contributed by atoms with Gasteiger partial charge >= 0.3 is 6.18 Å². The van der Waals surface area contributed by atoms with Gasteiger partial charge in [0.05, 0.1) is 18.0 Å². The molecule has 1 unspecified atom stereocenters. The number of fused-ring (bicyclic) bond motifs is 3. The Bertz CT molecular complexity index is 1080. The van der Waals surface area contributed by atoms with Crippen molar-refractivity contribution in [1.82, 2.24) is 4.57 Å². The molecule has 1 N–H and O–H groups in total. The molecule has 1 atom stereocenters. The van der Waals surface area contributed by atoms with Crippen molar-refractivity contribution in [3.63, 3.8) is 0 Å². The lowest BCUT2D eigenvalue weighted by Gasteiger charge is -2.27. The quantitative estimate of drug-likeness (QED) is 0.638. The van der Waals surface area contributed by atoms with Crippen molar-refractivity contribution in [3.8, 4) is 5.75 Å². The van der Waals surface area contributed by atoms with Crippen molar-refractivity contribution in [2.75, 3.05) is 7.11 Å². The molecule has 0 fully saturated rings. The molecule has 0 amide bonds. The Morgan fingerprint density at radius 3 is 2.46 bits per heavy atom. The Labute approximate surface area is 160 Å². The summed E-state index contributed by atoms with van der Waals surface area (Å²) >= 11 is 0. The molecule has 0 spiro atoms. The Hall–Kier alpha value is -2.54. The molecule has 0 bridgehead atoms. The van der Waals surface area contributed by atoms with Crippen LogP contribution in [0.25, 0.3) is 21.7 Å². The number of hydrogen-bond donors (Lipinski definition) is 1. The molecule has 28 heavy (non-hydrogen) atoms.